The average Bonchev–Trinajstić information content (AvgIpc) is 1.70. The zero-order valence-corrected chi connectivity index (χ0v) is 55.2. The quantitative estimate of drug-likeness (QED) is 0.0182. The number of phenols is 1. The number of hydrogen-bond acceptors (Lipinski definition) is 26. The van der Waals surface area contributed by atoms with Crippen LogP contribution in [0.3, 0.4) is 0 Å². The normalized spacial score (nSPS) is 12.3. The number of phenolic OH excluding ortho intramolecular Hbond substituents is 1. The molecule has 0 saturated carbocycles. The first-order valence-corrected chi connectivity index (χ1v) is 30.4. The van der Waals surface area contributed by atoms with Crippen LogP contribution in [0.4, 0.5) is 0 Å². The molecule has 0 aliphatic rings. The maximum Gasteiger partial charge on any atom is 0.321 e. The predicted molar refractivity (Wildman–Crippen MR) is 370 cm³/mol. The van der Waals surface area contributed by atoms with Crippen molar-refractivity contribution in [3.63, 3.8) is 0 Å². The number of aliphatic carboxylic acids is 10. The summed E-state index contributed by atoms with van der Waals surface area (Å²) in [5, 5.41) is 93.3. The minimum atomic E-state index is -1.02. The number of carboxylic acid groups (broad SMARTS) is 10. The largest absolute Gasteiger partial charge is 0.508 e. The van der Waals surface area contributed by atoms with E-state index in [-0.39, 0.29) is 43.2 Å². The van der Waals surface area contributed by atoms with Crippen LogP contribution < -0.4 is 68.8 Å². The Kier molecular flexibility index (Phi) is 55.1. The average molecular weight is 1430 g/mol. The summed E-state index contributed by atoms with van der Waals surface area (Å²) >= 11 is 7.30. The first kappa shape index (κ1) is 95.1. The maximum absolute atomic E-state index is 10.6. The Balaban J connectivity index is -0.000000511. The Hall–Kier alpha value is -9.33. The molecule has 98 heavy (non-hydrogen) atoms. The van der Waals surface area contributed by atoms with E-state index in [4.69, 9.17) is 114 Å². The fraction of sp³-hybridized carbons (Fsp3) is 0.407. The Morgan fingerprint density at radius 3 is 0.969 bits per heavy atom. The lowest BCUT2D eigenvalue weighted by atomic mass is 10.1. The number of para-hydroxylation sites is 2. The van der Waals surface area contributed by atoms with E-state index in [1.165, 1.54) is 18.5 Å². The minimum Gasteiger partial charge on any atom is -0.508 e. The second-order valence-electron chi connectivity index (χ2n) is 20.0. The van der Waals surface area contributed by atoms with Crippen molar-refractivity contribution >= 4 is 107 Å². The molecule has 6 rings (SSSR count). The van der Waals surface area contributed by atoms with E-state index >= 15 is 0 Å². The predicted octanol–water partition coefficient (Wildman–Crippen LogP) is -2.27. The lowest BCUT2D eigenvalue weighted by Gasteiger charge is -2.05. The molecule has 0 aliphatic carbocycles. The summed E-state index contributed by atoms with van der Waals surface area (Å²) in [6.07, 6.45) is 12.3. The second-order valence-corrected chi connectivity index (χ2v) is 20.7. The Morgan fingerprint density at radius 2 is 0.704 bits per heavy atom. The van der Waals surface area contributed by atoms with Gasteiger partial charge in [0.15, 0.2) is 0 Å². The van der Waals surface area contributed by atoms with Gasteiger partial charge >= 0.3 is 59.7 Å². The Bertz CT molecular complexity index is 3070. The van der Waals surface area contributed by atoms with Crippen molar-refractivity contribution < 1.29 is 104 Å². The number of H-pyrrole nitrogens is 3. The zero-order valence-electron chi connectivity index (χ0n) is 53.4. The van der Waals surface area contributed by atoms with Crippen molar-refractivity contribution in [3.05, 3.63) is 120 Å². The van der Waals surface area contributed by atoms with Crippen molar-refractivity contribution in [1.82, 2.24) is 19.9 Å². The van der Waals surface area contributed by atoms with Gasteiger partial charge in [-0.15, -0.1) is 0 Å². The number of hydrogen-bond donors (Lipinski definition) is 28. The van der Waals surface area contributed by atoms with E-state index < -0.39 is 108 Å². The van der Waals surface area contributed by atoms with E-state index in [2.05, 4.69) is 56.7 Å². The maximum atomic E-state index is 10.6. The molecule has 0 unspecified atom stereocenters. The molecule has 0 saturated heterocycles. The van der Waals surface area contributed by atoms with E-state index in [1.807, 2.05) is 60.9 Å². The molecule has 0 spiro atoms. The molecule has 550 valence electrons. The minimum absolute atomic E-state index is 0.160. The number of rotatable bonds is 28. The standard InChI is InChI=1S/2C11H12N2O2.C9H11NO3.C6H9N3O2.2C6H14N2O2.2C3H7NO2S.2C2H5NO2/c2*12-9(11(14)15)5-7-6-13-10-4-2-1-3-8(7)10;10-8(9(12)13)5-6-1-3-7(11)4-2-6;7-5(6(10)11)1-4-2-8-3-9-4;2*7-4-2-1-3-5(8)6(9)10;2*4-2(1-7)3(5)6;2*3-1-2(4)5/h2*1-4,6,9,13H,5,12H2,(H,14,15);1-4,8,11H,5,10H2,(H,12,13);2-3,5H,1,7H2,(H,8,9)(H,10,11);2*5H,1-4,7-8H2,(H,9,10);2*2,7H,1,4H2,(H,5,6);2*1,3H2,(H,4,5)/t2*9-;8-;3*5-;2*2-;;/m00000000../s1. The molecular weight excluding hydrogens is 1330 g/mol. The number of unbranched alkanes of at least 4 members (excludes halogenated alkanes) is 2. The topological polar surface area (TPSA) is 766 Å². The molecule has 37 nitrogen and oxygen atoms in total. The molecule has 0 bridgehead atoms. The number of thiol groups is 2. The second kappa shape index (κ2) is 56.8. The highest BCUT2D eigenvalue weighted by Crippen LogP contribution is 2.20. The number of imidazole rings is 1. The Morgan fingerprint density at radius 1 is 0.398 bits per heavy atom. The van der Waals surface area contributed by atoms with Crippen LogP contribution in [-0.2, 0) is 73.6 Å². The SMILES string of the molecule is NCC(=O)O.NCC(=O)O.NCCCC[C@H](N)C(=O)O.NCCCC[C@H](N)C(=O)O.N[C@@H](CS)C(=O)O.N[C@@H](CS)C(=O)O.N[C@@H](Cc1c[nH]c2ccccc12)C(=O)O.N[C@@H](Cc1c[nH]c2ccccc12)C(=O)O.N[C@@H](Cc1ccc(O)cc1)C(=O)O.N[C@@H](Cc1cnc[nH]1)C(=O)O. The fourth-order valence-electron chi connectivity index (χ4n) is 6.36. The number of aromatic nitrogens is 4. The van der Waals surface area contributed by atoms with E-state index in [9.17, 15) is 47.9 Å². The zero-order chi connectivity index (χ0) is 76.0. The van der Waals surface area contributed by atoms with Gasteiger partial charge in [0.2, 0.25) is 0 Å². The van der Waals surface area contributed by atoms with Crippen LogP contribution in [0.5, 0.6) is 5.75 Å². The molecule has 0 fully saturated rings. The number of benzene rings is 3. The molecule has 0 aliphatic heterocycles. The third-order valence-corrected chi connectivity index (χ3v) is 12.6. The number of nitrogens with zero attached hydrogens (tertiary/aromatic N) is 1. The number of nitrogens with two attached hydrogens (primary N) is 12. The van der Waals surface area contributed by atoms with Crippen molar-refractivity contribution in [1.29, 1.82) is 0 Å². The molecule has 3 heterocycles. The van der Waals surface area contributed by atoms with Crippen LogP contribution in [0.15, 0.2) is 97.7 Å². The molecule has 0 amide bonds. The summed E-state index contributed by atoms with van der Waals surface area (Å²) < 4.78 is 0. The molecule has 39 heteroatoms. The highest BCUT2D eigenvalue weighted by atomic mass is 32.1. The van der Waals surface area contributed by atoms with Gasteiger partial charge in [-0.1, -0.05) is 61.4 Å². The molecular formula is C59H96N16O21S2. The molecule has 3 aromatic carbocycles. The van der Waals surface area contributed by atoms with Crippen molar-refractivity contribution in [2.24, 2.45) is 68.8 Å². The van der Waals surface area contributed by atoms with Gasteiger partial charge in [-0.3, -0.25) is 47.9 Å². The highest BCUT2D eigenvalue weighted by molar-refractivity contribution is 7.80. The summed E-state index contributed by atoms with van der Waals surface area (Å²) in [4.78, 5) is 113. The lowest BCUT2D eigenvalue weighted by Crippen LogP contribution is -2.32. The van der Waals surface area contributed by atoms with Gasteiger partial charge in [0.05, 0.1) is 19.4 Å². The molecule has 8 atom stereocenters. The summed E-state index contributed by atoms with van der Waals surface area (Å²) in [5.41, 5.74) is 66.9. The van der Waals surface area contributed by atoms with Crippen LogP contribution in [0.25, 0.3) is 21.8 Å². The molecule has 6 aromatic rings. The van der Waals surface area contributed by atoms with Gasteiger partial charge in [-0.25, -0.2) is 4.98 Å². The molecule has 3 aromatic heterocycles. The van der Waals surface area contributed by atoms with Gasteiger partial charge in [0, 0.05) is 76.9 Å². The smallest absolute Gasteiger partial charge is 0.321 e. The third kappa shape index (κ3) is 49.2. The van der Waals surface area contributed by atoms with Gasteiger partial charge < -0.3 is 140 Å². The summed E-state index contributed by atoms with van der Waals surface area (Å²) in [5.74, 6) is -9.24. The monoisotopic (exact) mass is 1430 g/mol. The number of aromatic hydroxyl groups is 1. The van der Waals surface area contributed by atoms with Crippen LogP contribution in [0.1, 0.15) is 60.9 Å². The van der Waals surface area contributed by atoms with Gasteiger partial charge in [0.1, 0.15) is 54.1 Å². The van der Waals surface area contributed by atoms with E-state index in [0.29, 0.717) is 38.8 Å². The summed E-state index contributed by atoms with van der Waals surface area (Å²) in [6, 6.07) is 15.3. The van der Waals surface area contributed by atoms with E-state index in [1.54, 1.807) is 18.3 Å². The van der Waals surface area contributed by atoms with Crippen molar-refractivity contribution in [2.45, 2.75) is 113 Å². The molecule has 0 radical (unpaired) electrons. The van der Waals surface area contributed by atoms with Crippen molar-refractivity contribution in [2.75, 3.05) is 37.7 Å². The summed E-state index contributed by atoms with van der Waals surface area (Å²) in [7, 11) is 0. The van der Waals surface area contributed by atoms with E-state index in [0.717, 1.165) is 69.9 Å². The summed E-state index contributed by atoms with van der Waals surface area (Å²) in [6.45, 7) is 0.651. The number of fused-ring (bicyclic) bond motifs is 2. The highest BCUT2D eigenvalue weighted by Gasteiger charge is 2.17. The first-order valence-electron chi connectivity index (χ1n) is 29.1. The van der Waals surface area contributed by atoms with Gasteiger partial charge in [-0.2, -0.15) is 25.3 Å². The lowest BCUT2D eigenvalue weighted by molar-refractivity contribution is -0.139. The van der Waals surface area contributed by atoms with Crippen LogP contribution >= 0.6 is 25.3 Å². The third-order valence-electron chi connectivity index (χ3n) is 11.8. The van der Waals surface area contributed by atoms with Crippen LogP contribution in [0.2, 0.25) is 0 Å². The van der Waals surface area contributed by atoms with Gasteiger partial charge in [-0.05, 0) is 86.1 Å². The van der Waals surface area contributed by atoms with Crippen LogP contribution in [-0.4, -0.2) is 222 Å². The first-order chi connectivity index (χ1) is 45.9. The molecule has 38 N–H and O–H groups in total. The Labute approximate surface area is 573 Å². The number of aromatic amines is 3. The number of carbonyl (C=O) groups is 10. The van der Waals surface area contributed by atoms with Crippen molar-refractivity contribution in [3.8, 4) is 5.75 Å². The fourth-order valence-corrected chi connectivity index (χ4v) is 6.68. The van der Waals surface area contributed by atoms with Crippen LogP contribution in [0, 0.1) is 0 Å². The van der Waals surface area contributed by atoms with Gasteiger partial charge in [0.25, 0.3) is 0 Å². The number of nitrogens with one attached hydrogen (secondary N) is 3. The number of carboxylic acids is 10.